The van der Waals surface area contributed by atoms with Crippen LogP contribution < -0.4 is 10.1 Å². The number of methoxy groups -OCH3 is 1. The zero-order chi connectivity index (χ0) is 30.7. The molecular formula is C33H36N2O7S. The number of hydrogen-bond donors (Lipinski definition) is 2. The van der Waals surface area contributed by atoms with Gasteiger partial charge in [0.2, 0.25) is 16.3 Å². The van der Waals surface area contributed by atoms with Gasteiger partial charge in [-0.15, -0.1) is 6.42 Å². The van der Waals surface area contributed by atoms with Gasteiger partial charge < -0.3 is 24.6 Å². The Labute approximate surface area is 253 Å². The summed E-state index contributed by atoms with van der Waals surface area (Å²) in [7, 11) is -2.41. The predicted octanol–water partition coefficient (Wildman–Crippen LogP) is 3.45. The van der Waals surface area contributed by atoms with Gasteiger partial charge in [0.15, 0.2) is 5.76 Å². The van der Waals surface area contributed by atoms with Crippen LogP contribution in [0.15, 0.2) is 95.6 Å². The lowest BCUT2D eigenvalue weighted by Crippen LogP contribution is -2.38. The van der Waals surface area contributed by atoms with E-state index >= 15 is 0 Å². The number of nitrogens with zero attached hydrogens (tertiary/aromatic N) is 1. The summed E-state index contributed by atoms with van der Waals surface area (Å²) in [5, 5.41) is 12.5. The normalized spacial score (nSPS) is 16.6. The van der Waals surface area contributed by atoms with Gasteiger partial charge in [-0.3, -0.25) is 4.79 Å². The quantitative estimate of drug-likeness (QED) is 0.271. The van der Waals surface area contributed by atoms with E-state index in [0.29, 0.717) is 25.1 Å². The number of carbonyl (C=O) groups excluding carboxylic acids is 1. The Balaban J connectivity index is 1.43. The van der Waals surface area contributed by atoms with Gasteiger partial charge in [-0.05, 0) is 60.0 Å². The predicted molar refractivity (Wildman–Crippen MR) is 163 cm³/mol. The van der Waals surface area contributed by atoms with E-state index in [4.69, 9.17) is 20.6 Å². The zero-order valence-corrected chi connectivity index (χ0v) is 24.8. The maximum Gasteiger partial charge on any atom is 0.286 e. The lowest BCUT2D eigenvalue weighted by Gasteiger charge is -2.30. The van der Waals surface area contributed by atoms with Crippen LogP contribution in [0.1, 0.15) is 29.0 Å². The summed E-state index contributed by atoms with van der Waals surface area (Å²) in [4.78, 5) is 13.2. The summed E-state index contributed by atoms with van der Waals surface area (Å²) in [6.07, 6.45) is 7.54. The fourth-order valence-corrected chi connectivity index (χ4v) is 6.09. The van der Waals surface area contributed by atoms with Crippen LogP contribution in [-0.4, -0.2) is 70.0 Å². The van der Waals surface area contributed by atoms with Crippen LogP contribution in [0.4, 0.5) is 0 Å². The molecule has 2 atom stereocenters. The summed E-state index contributed by atoms with van der Waals surface area (Å²) in [6, 6.07) is 23.4. The molecule has 0 bridgehead atoms. The molecular weight excluding hydrogens is 568 g/mol. The first-order chi connectivity index (χ1) is 20.8. The Morgan fingerprint density at radius 3 is 2.44 bits per heavy atom. The molecule has 1 heterocycles. The summed E-state index contributed by atoms with van der Waals surface area (Å²) in [5.41, 5.74) is 2.79. The second-order valence-corrected chi connectivity index (χ2v) is 11.8. The Hall–Kier alpha value is -4.14. The fraction of sp³-hybridized carbons (Fsp3) is 0.303. The molecule has 1 amide bonds. The number of carbonyl (C=O) groups is 1. The van der Waals surface area contributed by atoms with Gasteiger partial charge in [-0.1, -0.05) is 48.4 Å². The van der Waals surface area contributed by atoms with Crippen LogP contribution in [0, 0.1) is 12.3 Å². The Kier molecular flexibility index (Phi) is 11.4. The first-order valence-electron chi connectivity index (χ1n) is 14.0. The number of allylic oxidation sites excluding steroid dienone is 1. The van der Waals surface area contributed by atoms with Crippen LogP contribution in [0.25, 0.3) is 0 Å². The largest absolute Gasteiger partial charge is 0.497 e. The summed E-state index contributed by atoms with van der Waals surface area (Å²) >= 11 is 0. The smallest absolute Gasteiger partial charge is 0.286 e. The number of amides is 1. The standard InChI is InChI=1S/C33H36N2O7S/c1-3-25-9-11-27(12-10-25)28-23-31(33(37)34-18-17-26-7-5-4-6-8-26)42-32(24-28)41-22-20-35(19-21-36)43(38,39)30-15-13-29(40-2)14-16-30/h1,4-16,23,28,32,36H,17-22,24H2,2H3,(H,34,37)/t28-,32+/m0/s1. The minimum Gasteiger partial charge on any atom is -0.497 e. The van der Waals surface area contributed by atoms with E-state index in [1.807, 2.05) is 54.6 Å². The van der Waals surface area contributed by atoms with Gasteiger partial charge in [-0.25, -0.2) is 8.42 Å². The molecule has 0 saturated heterocycles. The maximum atomic E-state index is 13.2. The Bertz CT molecular complexity index is 1520. The number of ether oxygens (including phenoxy) is 3. The average Bonchev–Trinajstić information content (AvgIpc) is 3.04. The number of terminal acetylenes is 1. The molecule has 0 aromatic heterocycles. The van der Waals surface area contributed by atoms with Crippen molar-refractivity contribution in [3.63, 3.8) is 0 Å². The van der Waals surface area contributed by atoms with E-state index in [1.54, 1.807) is 18.2 Å². The van der Waals surface area contributed by atoms with Crippen LogP contribution in [0.2, 0.25) is 0 Å². The third kappa shape index (κ3) is 8.69. The van der Waals surface area contributed by atoms with E-state index in [9.17, 15) is 18.3 Å². The molecule has 0 aliphatic carbocycles. The molecule has 0 fully saturated rings. The highest BCUT2D eigenvalue weighted by atomic mass is 32.2. The molecule has 1 aliphatic rings. The van der Waals surface area contributed by atoms with E-state index in [0.717, 1.165) is 21.0 Å². The van der Waals surface area contributed by atoms with Crippen molar-refractivity contribution in [1.29, 1.82) is 0 Å². The number of benzene rings is 3. The van der Waals surface area contributed by atoms with Gasteiger partial charge in [0.1, 0.15) is 5.75 Å². The molecule has 226 valence electrons. The molecule has 1 aliphatic heterocycles. The third-order valence-corrected chi connectivity index (χ3v) is 8.93. The van der Waals surface area contributed by atoms with Crippen molar-refractivity contribution in [2.45, 2.75) is 29.9 Å². The third-order valence-electron chi connectivity index (χ3n) is 7.02. The molecule has 0 spiro atoms. The highest BCUT2D eigenvalue weighted by Crippen LogP contribution is 2.32. The van der Waals surface area contributed by atoms with Gasteiger partial charge in [-0.2, -0.15) is 4.31 Å². The van der Waals surface area contributed by atoms with Crippen LogP contribution >= 0.6 is 0 Å². The monoisotopic (exact) mass is 604 g/mol. The number of aliphatic hydroxyl groups is 1. The summed E-state index contributed by atoms with van der Waals surface area (Å²) < 4.78 is 44.7. The average molecular weight is 605 g/mol. The van der Waals surface area contributed by atoms with Crippen molar-refractivity contribution in [3.05, 3.63) is 107 Å². The molecule has 4 rings (SSSR count). The molecule has 9 nitrogen and oxygen atoms in total. The van der Waals surface area contributed by atoms with E-state index in [1.165, 1.54) is 19.2 Å². The van der Waals surface area contributed by atoms with Crippen LogP contribution in [0.3, 0.4) is 0 Å². The molecule has 3 aromatic rings. The summed E-state index contributed by atoms with van der Waals surface area (Å²) in [6.45, 7) is -0.0935. The first kappa shape index (κ1) is 31.8. The number of hydrogen-bond acceptors (Lipinski definition) is 7. The molecule has 3 aromatic carbocycles. The lowest BCUT2D eigenvalue weighted by atomic mass is 9.92. The SMILES string of the molecule is C#Cc1ccc([C@H]2C=C(C(=O)NCCc3ccccc3)O[C@@H](OCCN(CCO)S(=O)(=O)c3ccc(OC)cc3)C2)cc1. The highest BCUT2D eigenvalue weighted by Gasteiger charge is 2.30. The first-order valence-corrected chi connectivity index (χ1v) is 15.4. The van der Waals surface area contributed by atoms with Crippen molar-refractivity contribution in [2.75, 3.05) is 40.0 Å². The summed E-state index contributed by atoms with van der Waals surface area (Å²) in [5.74, 6) is 2.70. The van der Waals surface area contributed by atoms with Crippen LogP contribution in [-0.2, 0) is 30.7 Å². The Morgan fingerprint density at radius 2 is 1.79 bits per heavy atom. The fourth-order valence-electron chi connectivity index (χ4n) is 4.68. The lowest BCUT2D eigenvalue weighted by molar-refractivity contribution is -0.146. The highest BCUT2D eigenvalue weighted by molar-refractivity contribution is 7.89. The Morgan fingerprint density at radius 1 is 1.07 bits per heavy atom. The van der Waals surface area contributed by atoms with Crippen molar-refractivity contribution >= 4 is 15.9 Å². The van der Waals surface area contributed by atoms with Crippen LogP contribution in [0.5, 0.6) is 5.75 Å². The van der Waals surface area contributed by atoms with Gasteiger partial charge in [0.25, 0.3) is 5.91 Å². The van der Waals surface area contributed by atoms with Gasteiger partial charge in [0.05, 0.1) is 25.2 Å². The van der Waals surface area contributed by atoms with Crippen molar-refractivity contribution in [3.8, 4) is 18.1 Å². The van der Waals surface area contributed by atoms with Gasteiger partial charge in [0, 0.05) is 37.5 Å². The number of nitrogens with one attached hydrogen (secondary N) is 1. The van der Waals surface area contributed by atoms with E-state index in [2.05, 4.69) is 11.2 Å². The maximum absolute atomic E-state index is 13.2. The molecule has 43 heavy (non-hydrogen) atoms. The van der Waals surface area contributed by atoms with Gasteiger partial charge >= 0.3 is 0 Å². The van der Waals surface area contributed by atoms with E-state index < -0.39 is 16.3 Å². The second-order valence-electron chi connectivity index (χ2n) is 9.85. The molecule has 2 N–H and O–H groups in total. The molecule has 10 heteroatoms. The topological polar surface area (TPSA) is 114 Å². The van der Waals surface area contributed by atoms with Crippen molar-refractivity contribution in [2.24, 2.45) is 0 Å². The zero-order valence-electron chi connectivity index (χ0n) is 24.0. The second kappa shape index (κ2) is 15.4. The molecule has 0 unspecified atom stereocenters. The molecule has 0 radical (unpaired) electrons. The van der Waals surface area contributed by atoms with Crippen molar-refractivity contribution in [1.82, 2.24) is 9.62 Å². The van der Waals surface area contributed by atoms with Crippen molar-refractivity contribution < 1.29 is 32.5 Å². The number of sulfonamides is 1. The minimum atomic E-state index is -3.90. The number of rotatable bonds is 14. The number of aliphatic hydroxyl groups excluding tert-OH is 1. The minimum absolute atomic E-state index is 0.0221. The molecule has 0 saturated carbocycles. The van der Waals surface area contributed by atoms with E-state index in [-0.39, 0.29) is 48.8 Å².